The number of anilines is 1. The van der Waals surface area contributed by atoms with E-state index in [2.05, 4.69) is 0 Å². The molecule has 4 rings (SSSR count). The first kappa shape index (κ1) is 20.0. The zero-order valence-corrected chi connectivity index (χ0v) is 17.5. The van der Waals surface area contributed by atoms with Gasteiger partial charge in [-0.25, -0.2) is 22.0 Å². The van der Waals surface area contributed by atoms with Crippen molar-refractivity contribution in [3.05, 3.63) is 42.0 Å². The van der Waals surface area contributed by atoms with Gasteiger partial charge in [0.1, 0.15) is 13.2 Å². The van der Waals surface area contributed by atoms with Gasteiger partial charge in [-0.05, 0) is 48.7 Å². The Labute approximate surface area is 170 Å². The lowest BCUT2D eigenvalue weighted by Crippen LogP contribution is -2.25. The second kappa shape index (κ2) is 7.19. The quantitative estimate of drug-likeness (QED) is 0.774. The number of primary sulfonamides is 1. The van der Waals surface area contributed by atoms with Crippen molar-refractivity contribution in [3.8, 4) is 11.5 Å². The normalized spacial score (nSPS) is 19.4. The molecule has 0 spiro atoms. The molecule has 2 aliphatic heterocycles. The van der Waals surface area contributed by atoms with Crippen molar-refractivity contribution in [1.29, 1.82) is 0 Å². The molecule has 2 aliphatic rings. The molecule has 10 heteroatoms. The summed E-state index contributed by atoms with van der Waals surface area (Å²) in [4.78, 5) is 1.72. The molecule has 1 fully saturated rings. The van der Waals surface area contributed by atoms with E-state index >= 15 is 0 Å². The van der Waals surface area contributed by atoms with Gasteiger partial charge >= 0.3 is 0 Å². The molecule has 0 saturated carbocycles. The van der Waals surface area contributed by atoms with Crippen molar-refractivity contribution in [3.63, 3.8) is 0 Å². The van der Waals surface area contributed by atoms with E-state index in [-0.39, 0.29) is 15.8 Å². The Bertz CT molecular complexity index is 1160. The number of hydrogen-bond donors (Lipinski definition) is 1. The lowest BCUT2D eigenvalue weighted by molar-refractivity contribution is 0.171. The highest BCUT2D eigenvalue weighted by atomic mass is 32.2. The predicted molar refractivity (Wildman–Crippen MR) is 108 cm³/mol. The minimum absolute atomic E-state index is 0.0477. The Morgan fingerprint density at radius 2 is 1.72 bits per heavy atom. The highest BCUT2D eigenvalue weighted by molar-refractivity contribution is 7.91. The fourth-order valence-electron chi connectivity index (χ4n) is 3.87. The molecular weight excluding hydrogens is 416 g/mol. The minimum atomic E-state index is -4.02. The van der Waals surface area contributed by atoms with Gasteiger partial charge < -0.3 is 14.4 Å². The average molecular weight is 439 g/mol. The van der Waals surface area contributed by atoms with E-state index in [4.69, 9.17) is 14.6 Å². The number of hydrogen-bond acceptors (Lipinski definition) is 7. The fourth-order valence-corrected chi connectivity index (χ4v) is 5.40. The van der Waals surface area contributed by atoms with E-state index in [9.17, 15) is 16.8 Å². The zero-order valence-electron chi connectivity index (χ0n) is 15.9. The first-order valence-electron chi connectivity index (χ1n) is 9.18. The van der Waals surface area contributed by atoms with Crippen LogP contribution in [0.3, 0.4) is 0 Å². The molecule has 2 N–H and O–H groups in total. The SMILES string of the molecule is CS(=O)(=O)c1cc(S(N)(=O)=O)ccc1N1CCCC1c1ccc2c(c1)OCCO2. The molecule has 2 heterocycles. The Morgan fingerprint density at radius 3 is 2.41 bits per heavy atom. The molecule has 0 bridgehead atoms. The summed E-state index contributed by atoms with van der Waals surface area (Å²) in [5, 5.41) is 5.19. The van der Waals surface area contributed by atoms with Gasteiger partial charge in [0.2, 0.25) is 10.0 Å². The number of sulfonamides is 1. The summed E-state index contributed by atoms with van der Waals surface area (Å²) in [7, 11) is -7.70. The predicted octanol–water partition coefficient (Wildman–Crippen LogP) is 1.85. The fraction of sp³-hybridized carbons (Fsp3) is 0.368. The topological polar surface area (TPSA) is 116 Å². The van der Waals surface area contributed by atoms with E-state index in [0.717, 1.165) is 30.7 Å². The van der Waals surface area contributed by atoms with Crippen molar-refractivity contribution < 1.29 is 26.3 Å². The van der Waals surface area contributed by atoms with E-state index in [1.165, 1.54) is 12.1 Å². The van der Waals surface area contributed by atoms with Gasteiger partial charge in [0.25, 0.3) is 0 Å². The maximum absolute atomic E-state index is 12.4. The molecule has 2 aromatic rings. The Hall–Kier alpha value is -2.30. The number of sulfone groups is 1. The molecule has 0 amide bonds. The molecule has 1 atom stereocenters. The monoisotopic (exact) mass is 438 g/mol. The molecule has 0 radical (unpaired) electrons. The molecule has 1 saturated heterocycles. The number of nitrogens with zero attached hydrogens (tertiary/aromatic N) is 1. The summed E-state index contributed by atoms with van der Waals surface area (Å²) in [5.41, 5.74) is 1.46. The van der Waals surface area contributed by atoms with Gasteiger partial charge in [-0.1, -0.05) is 6.07 Å². The molecular formula is C19H22N2O6S2. The van der Waals surface area contributed by atoms with Crippen molar-refractivity contribution in [2.45, 2.75) is 28.7 Å². The lowest BCUT2D eigenvalue weighted by atomic mass is 10.0. The van der Waals surface area contributed by atoms with Crippen molar-refractivity contribution >= 4 is 25.5 Å². The summed E-state index contributed by atoms with van der Waals surface area (Å²) in [5.74, 6) is 1.37. The van der Waals surface area contributed by atoms with Crippen LogP contribution in [-0.2, 0) is 19.9 Å². The Morgan fingerprint density at radius 1 is 1.00 bits per heavy atom. The van der Waals surface area contributed by atoms with E-state index < -0.39 is 19.9 Å². The minimum Gasteiger partial charge on any atom is -0.486 e. The third-order valence-electron chi connectivity index (χ3n) is 5.17. The average Bonchev–Trinajstić information content (AvgIpc) is 3.15. The number of fused-ring (bicyclic) bond motifs is 1. The second-order valence-corrected chi connectivity index (χ2v) is 10.7. The Balaban J connectivity index is 1.78. The second-order valence-electron chi connectivity index (χ2n) is 7.20. The van der Waals surface area contributed by atoms with Crippen molar-refractivity contribution in [2.75, 3.05) is 30.9 Å². The van der Waals surface area contributed by atoms with Gasteiger partial charge in [0.05, 0.1) is 21.5 Å². The van der Waals surface area contributed by atoms with Crippen LogP contribution in [0, 0.1) is 0 Å². The van der Waals surface area contributed by atoms with Crippen LogP contribution in [0.4, 0.5) is 5.69 Å². The number of rotatable bonds is 4. The van der Waals surface area contributed by atoms with Crippen LogP contribution in [0.25, 0.3) is 0 Å². The number of benzene rings is 2. The zero-order chi connectivity index (χ0) is 20.8. The van der Waals surface area contributed by atoms with Crippen LogP contribution < -0.4 is 19.5 Å². The highest BCUT2D eigenvalue weighted by Crippen LogP contribution is 2.42. The summed E-state index contributed by atoms with van der Waals surface area (Å²) < 4.78 is 59.5. The standard InChI is InChI=1S/C19H22N2O6S2/c1-28(22,23)19-12-14(29(20,24)25)5-6-16(19)21-8-2-3-15(21)13-4-7-17-18(11-13)27-10-9-26-17/h4-7,11-12,15H,2-3,8-10H2,1H3,(H2,20,24,25). The van der Waals surface area contributed by atoms with Crippen LogP contribution in [0.15, 0.2) is 46.2 Å². The van der Waals surface area contributed by atoms with Crippen molar-refractivity contribution in [2.24, 2.45) is 5.14 Å². The summed E-state index contributed by atoms with van der Waals surface area (Å²) in [6.45, 7) is 1.64. The van der Waals surface area contributed by atoms with E-state index in [1.807, 2.05) is 23.1 Å². The smallest absolute Gasteiger partial charge is 0.238 e. The molecule has 1 unspecified atom stereocenters. The molecule has 29 heavy (non-hydrogen) atoms. The van der Waals surface area contributed by atoms with Crippen molar-refractivity contribution in [1.82, 2.24) is 0 Å². The molecule has 0 aromatic heterocycles. The first-order chi connectivity index (χ1) is 13.6. The van der Waals surface area contributed by atoms with Gasteiger partial charge in [-0.15, -0.1) is 0 Å². The molecule has 8 nitrogen and oxygen atoms in total. The first-order valence-corrected chi connectivity index (χ1v) is 12.6. The van der Waals surface area contributed by atoms with Gasteiger partial charge in [0, 0.05) is 12.8 Å². The van der Waals surface area contributed by atoms with Crippen LogP contribution in [0.1, 0.15) is 24.4 Å². The Kier molecular flexibility index (Phi) is 4.96. The third kappa shape index (κ3) is 3.92. The van der Waals surface area contributed by atoms with E-state index in [0.29, 0.717) is 36.9 Å². The molecule has 0 aliphatic carbocycles. The largest absolute Gasteiger partial charge is 0.486 e. The summed E-state index contributed by atoms with van der Waals surface area (Å²) >= 11 is 0. The highest BCUT2D eigenvalue weighted by Gasteiger charge is 2.31. The summed E-state index contributed by atoms with van der Waals surface area (Å²) in [6, 6.07) is 9.68. The third-order valence-corrected chi connectivity index (χ3v) is 7.21. The maximum Gasteiger partial charge on any atom is 0.238 e. The van der Waals surface area contributed by atoms with Crippen LogP contribution in [0.5, 0.6) is 11.5 Å². The summed E-state index contributed by atoms with van der Waals surface area (Å²) in [6.07, 6.45) is 2.77. The van der Waals surface area contributed by atoms with Gasteiger partial charge in [-0.3, -0.25) is 0 Å². The van der Waals surface area contributed by atoms with Crippen LogP contribution >= 0.6 is 0 Å². The number of ether oxygens (including phenoxy) is 2. The molecule has 2 aromatic carbocycles. The number of nitrogens with two attached hydrogens (primary N) is 1. The van der Waals surface area contributed by atoms with Gasteiger partial charge in [0.15, 0.2) is 21.3 Å². The molecule has 156 valence electrons. The van der Waals surface area contributed by atoms with Gasteiger partial charge in [-0.2, -0.15) is 0 Å². The van der Waals surface area contributed by atoms with Crippen LogP contribution in [-0.4, -0.2) is 42.8 Å². The lowest BCUT2D eigenvalue weighted by Gasteiger charge is -2.30. The van der Waals surface area contributed by atoms with Crippen LogP contribution in [0.2, 0.25) is 0 Å². The van der Waals surface area contributed by atoms with E-state index in [1.54, 1.807) is 0 Å². The maximum atomic E-state index is 12.4.